The van der Waals surface area contributed by atoms with E-state index >= 15 is 0 Å². The zero-order valence-electron chi connectivity index (χ0n) is 10.7. The number of hydrogen-bond acceptors (Lipinski definition) is 2. The number of halogens is 3. The van der Waals surface area contributed by atoms with Crippen molar-refractivity contribution >= 4 is 27.5 Å². The first-order chi connectivity index (χ1) is 9.58. The number of benzene rings is 2. The van der Waals surface area contributed by atoms with Gasteiger partial charge < -0.3 is 10.5 Å². The van der Waals surface area contributed by atoms with Crippen molar-refractivity contribution in [3.63, 3.8) is 0 Å². The molecule has 0 amide bonds. The zero-order valence-corrected chi connectivity index (χ0v) is 13.0. The lowest BCUT2D eigenvalue weighted by atomic mass is 10.1. The highest BCUT2D eigenvalue weighted by Crippen LogP contribution is 2.27. The van der Waals surface area contributed by atoms with Gasteiger partial charge in [0.1, 0.15) is 18.2 Å². The lowest BCUT2D eigenvalue weighted by molar-refractivity contribution is 0.305. The fraction of sp³-hybridized carbons (Fsp3) is 0.200. The van der Waals surface area contributed by atoms with Crippen molar-refractivity contribution in [3.8, 4) is 5.75 Å². The molecule has 0 aliphatic rings. The van der Waals surface area contributed by atoms with E-state index in [1.807, 2.05) is 18.2 Å². The van der Waals surface area contributed by atoms with Gasteiger partial charge in [-0.15, -0.1) is 0 Å². The minimum atomic E-state index is -0.303. The van der Waals surface area contributed by atoms with Crippen LogP contribution in [0.4, 0.5) is 4.39 Å². The Bertz CT molecular complexity index is 586. The van der Waals surface area contributed by atoms with Gasteiger partial charge in [-0.2, -0.15) is 0 Å². The first kappa shape index (κ1) is 15.3. The zero-order chi connectivity index (χ0) is 14.5. The second-order valence-electron chi connectivity index (χ2n) is 4.37. The van der Waals surface area contributed by atoms with Crippen molar-refractivity contribution in [2.24, 2.45) is 5.73 Å². The van der Waals surface area contributed by atoms with Crippen LogP contribution in [0.25, 0.3) is 0 Å². The van der Waals surface area contributed by atoms with Crippen LogP contribution in [-0.4, -0.2) is 6.54 Å². The third-order valence-electron chi connectivity index (χ3n) is 2.75. The third-order valence-corrected chi connectivity index (χ3v) is 3.50. The largest absolute Gasteiger partial charge is 0.487 e. The van der Waals surface area contributed by atoms with Crippen molar-refractivity contribution in [2.45, 2.75) is 13.0 Å². The van der Waals surface area contributed by atoms with Gasteiger partial charge in [-0.3, -0.25) is 0 Å². The highest BCUT2D eigenvalue weighted by molar-refractivity contribution is 9.10. The van der Waals surface area contributed by atoms with Crippen molar-refractivity contribution < 1.29 is 9.13 Å². The van der Waals surface area contributed by atoms with Gasteiger partial charge >= 0.3 is 0 Å². The third kappa shape index (κ3) is 4.20. The minimum absolute atomic E-state index is 0.256. The molecule has 2 aromatic carbocycles. The summed E-state index contributed by atoms with van der Waals surface area (Å²) in [4.78, 5) is 0. The van der Waals surface area contributed by atoms with Crippen LogP contribution < -0.4 is 10.5 Å². The van der Waals surface area contributed by atoms with Crippen LogP contribution in [0.1, 0.15) is 11.1 Å². The van der Waals surface area contributed by atoms with Gasteiger partial charge in [0.05, 0.1) is 5.02 Å². The summed E-state index contributed by atoms with van der Waals surface area (Å²) in [6, 6.07) is 10.2. The quantitative estimate of drug-likeness (QED) is 0.864. The lowest BCUT2D eigenvalue weighted by Gasteiger charge is -2.10. The van der Waals surface area contributed by atoms with Crippen LogP contribution in [0.5, 0.6) is 5.75 Å². The molecule has 0 heterocycles. The van der Waals surface area contributed by atoms with E-state index < -0.39 is 0 Å². The summed E-state index contributed by atoms with van der Waals surface area (Å²) >= 11 is 9.39. The summed E-state index contributed by atoms with van der Waals surface area (Å²) in [5, 5.41) is 0.534. The molecule has 0 aromatic heterocycles. The molecule has 2 N–H and O–H groups in total. The predicted molar refractivity (Wildman–Crippen MR) is 82.6 cm³/mol. The van der Waals surface area contributed by atoms with E-state index in [-0.39, 0.29) is 12.4 Å². The molecule has 106 valence electrons. The Kier molecular flexibility index (Phi) is 5.40. The monoisotopic (exact) mass is 357 g/mol. The van der Waals surface area contributed by atoms with Crippen LogP contribution in [0.15, 0.2) is 40.9 Å². The van der Waals surface area contributed by atoms with Crippen molar-refractivity contribution in [3.05, 3.63) is 62.8 Å². The molecule has 0 aliphatic heterocycles. The molecule has 5 heteroatoms. The van der Waals surface area contributed by atoms with Crippen LogP contribution in [0, 0.1) is 5.82 Å². The molecule has 0 fully saturated rings. The van der Waals surface area contributed by atoms with Gasteiger partial charge in [0.2, 0.25) is 0 Å². The molecule has 0 aliphatic carbocycles. The number of nitrogens with two attached hydrogens (primary N) is 1. The molecular formula is C15H14BrClFNO. The fourth-order valence-electron chi connectivity index (χ4n) is 1.84. The summed E-state index contributed by atoms with van der Waals surface area (Å²) in [6.45, 7) is 0.833. The Balaban J connectivity index is 2.06. The average Bonchev–Trinajstić information content (AvgIpc) is 2.37. The topological polar surface area (TPSA) is 35.2 Å². The van der Waals surface area contributed by atoms with E-state index in [9.17, 15) is 4.39 Å². The van der Waals surface area contributed by atoms with Crippen LogP contribution >= 0.6 is 27.5 Å². The molecule has 0 unspecified atom stereocenters. The predicted octanol–water partition coefficient (Wildman–Crippen LogP) is 4.32. The smallest absolute Gasteiger partial charge is 0.138 e. The van der Waals surface area contributed by atoms with Crippen molar-refractivity contribution in [1.29, 1.82) is 0 Å². The molecule has 0 bridgehead atoms. The SMILES string of the molecule is NCCc1ccc(OCc2cc(F)cc(Br)c2)c(Cl)c1. The second-order valence-corrected chi connectivity index (χ2v) is 5.69. The fourth-order valence-corrected chi connectivity index (χ4v) is 2.61. The average molecular weight is 359 g/mol. The van der Waals surface area contributed by atoms with E-state index in [1.165, 1.54) is 12.1 Å². The summed E-state index contributed by atoms with van der Waals surface area (Å²) in [5.74, 6) is 0.273. The molecule has 2 nitrogen and oxygen atoms in total. The van der Waals surface area contributed by atoms with E-state index in [4.69, 9.17) is 22.1 Å². The number of hydrogen-bond donors (Lipinski definition) is 1. The second kappa shape index (κ2) is 7.07. The van der Waals surface area contributed by atoms with E-state index in [0.29, 0.717) is 21.8 Å². The van der Waals surface area contributed by atoms with Crippen LogP contribution in [-0.2, 0) is 13.0 Å². The van der Waals surface area contributed by atoms with Gasteiger partial charge in [0.15, 0.2) is 0 Å². The maximum atomic E-state index is 13.2. The van der Waals surface area contributed by atoms with E-state index in [2.05, 4.69) is 15.9 Å². The first-order valence-electron chi connectivity index (χ1n) is 6.15. The molecule has 0 saturated heterocycles. The van der Waals surface area contributed by atoms with E-state index in [0.717, 1.165) is 17.5 Å². The highest BCUT2D eigenvalue weighted by Gasteiger charge is 2.05. The Labute approximate surface area is 130 Å². The number of rotatable bonds is 5. The summed E-state index contributed by atoms with van der Waals surface area (Å²) in [6.07, 6.45) is 0.775. The van der Waals surface area contributed by atoms with Crippen molar-refractivity contribution in [2.75, 3.05) is 6.54 Å². The molecule has 0 atom stereocenters. The standard InChI is InChI=1S/C15H14BrClFNO/c16-12-5-11(6-13(18)8-12)9-20-15-2-1-10(3-4-19)7-14(15)17/h1-2,5-8H,3-4,9,19H2. The summed E-state index contributed by atoms with van der Waals surface area (Å²) in [7, 11) is 0. The lowest BCUT2D eigenvalue weighted by Crippen LogP contribution is -2.03. The molecule has 2 aromatic rings. The van der Waals surface area contributed by atoms with Gasteiger partial charge in [-0.05, 0) is 54.4 Å². The van der Waals surface area contributed by atoms with Crippen LogP contribution in [0.2, 0.25) is 5.02 Å². The van der Waals surface area contributed by atoms with Crippen LogP contribution in [0.3, 0.4) is 0 Å². The maximum absolute atomic E-state index is 13.2. The van der Waals surface area contributed by atoms with Gasteiger partial charge in [0.25, 0.3) is 0 Å². The summed E-state index contributed by atoms with van der Waals surface area (Å²) < 4.78 is 19.5. The molecule has 0 radical (unpaired) electrons. The van der Waals surface area contributed by atoms with E-state index in [1.54, 1.807) is 6.07 Å². The molecule has 20 heavy (non-hydrogen) atoms. The highest BCUT2D eigenvalue weighted by atomic mass is 79.9. The maximum Gasteiger partial charge on any atom is 0.138 e. The van der Waals surface area contributed by atoms with Gasteiger partial charge in [0, 0.05) is 4.47 Å². The molecule has 0 saturated carbocycles. The number of ether oxygens (including phenoxy) is 1. The molecule has 0 spiro atoms. The Hall–Kier alpha value is -1.10. The molecule has 2 rings (SSSR count). The minimum Gasteiger partial charge on any atom is -0.487 e. The normalized spacial score (nSPS) is 10.6. The molecular weight excluding hydrogens is 345 g/mol. The van der Waals surface area contributed by atoms with Crippen molar-refractivity contribution in [1.82, 2.24) is 0 Å². The first-order valence-corrected chi connectivity index (χ1v) is 7.32. The summed E-state index contributed by atoms with van der Waals surface area (Å²) in [5.41, 5.74) is 7.30. The van der Waals surface area contributed by atoms with Gasteiger partial charge in [-0.25, -0.2) is 4.39 Å². The Morgan fingerprint density at radius 1 is 1.15 bits per heavy atom. The van der Waals surface area contributed by atoms with Gasteiger partial charge in [-0.1, -0.05) is 33.6 Å². The Morgan fingerprint density at radius 2 is 1.95 bits per heavy atom. The Morgan fingerprint density at radius 3 is 2.60 bits per heavy atom.